The summed E-state index contributed by atoms with van der Waals surface area (Å²) in [5.41, 5.74) is 2.22. The van der Waals surface area contributed by atoms with Gasteiger partial charge in [0, 0.05) is 12.6 Å². The molecule has 1 atom stereocenters. The predicted octanol–water partition coefficient (Wildman–Crippen LogP) is 2.39. The number of halogens is 1. The monoisotopic (exact) mass is 283 g/mol. The van der Waals surface area contributed by atoms with Gasteiger partial charge in [-0.05, 0) is 36.0 Å². The molecule has 0 saturated heterocycles. The summed E-state index contributed by atoms with van der Waals surface area (Å²) in [6.07, 6.45) is 3.51. The lowest BCUT2D eigenvalue weighted by atomic mass is 10.1. The van der Waals surface area contributed by atoms with Gasteiger partial charge in [0.1, 0.15) is 5.76 Å². The molecule has 2 heterocycles. The van der Waals surface area contributed by atoms with Gasteiger partial charge in [0.2, 0.25) is 0 Å². The highest BCUT2D eigenvalue weighted by Crippen LogP contribution is 2.29. The normalized spacial score (nSPS) is 13.0. The molecule has 86 valence electrons. The van der Waals surface area contributed by atoms with E-state index in [2.05, 4.69) is 26.3 Å². The summed E-state index contributed by atoms with van der Waals surface area (Å²) in [7, 11) is 3.86. The first-order valence-electron chi connectivity index (χ1n) is 5.03. The van der Waals surface area contributed by atoms with Crippen molar-refractivity contribution in [3.05, 3.63) is 40.0 Å². The van der Waals surface area contributed by atoms with E-state index in [1.54, 1.807) is 12.5 Å². The number of rotatable bonds is 3. The highest BCUT2D eigenvalue weighted by atomic mass is 79.9. The van der Waals surface area contributed by atoms with Crippen LogP contribution in [0.4, 0.5) is 0 Å². The van der Waals surface area contributed by atoms with Gasteiger partial charge in [0.15, 0.2) is 0 Å². The van der Waals surface area contributed by atoms with Gasteiger partial charge in [-0.25, -0.2) is 0 Å². The third-order valence-electron chi connectivity index (χ3n) is 2.71. The maximum absolute atomic E-state index is 5.34. The predicted molar refractivity (Wildman–Crippen MR) is 65.3 cm³/mol. The number of hydrogen-bond donors (Lipinski definition) is 1. The van der Waals surface area contributed by atoms with E-state index in [4.69, 9.17) is 4.42 Å². The SMILES string of the molecule is CNC(c1ccoc1C)c1c(Br)cnn1C. The van der Waals surface area contributed by atoms with Gasteiger partial charge in [-0.1, -0.05) is 0 Å². The molecule has 0 saturated carbocycles. The number of aryl methyl sites for hydroxylation is 2. The molecule has 0 fully saturated rings. The van der Waals surface area contributed by atoms with E-state index in [0.29, 0.717) is 0 Å². The maximum Gasteiger partial charge on any atom is 0.105 e. The smallest absolute Gasteiger partial charge is 0.105 e. The fourth-order valence-corrected chi connectivity index (χ4v) is 2.46. The molecule has 1 N–H and O–H groups in total. The molecular formula is C11H14BrN3O. The van der Waals surface area contributed by atoms with Crippen LogP contribution in [-0.4, -0.2) is 16.8 Å². The van der Waals surface area contributed by atoms with Crippen LogP contribution in [0, 0.1) is 6.92 Å². The molecule has 0 radical (unpaired) electrons. The Labute approximate surface area is 103 Å². The fourth-order valence-electron chi connectivity index (χ4n) is 1.88. The van der Waals surface area contributed by atoms with Gasteiger partial charge in [0.25, 0.3) is 0 Å². The first kappa shape index (κ1) is 11.4. The standard InChI is InChI=1S/C11H14BrN3O/c1-7-8(4-5-16-7)10(13-2)11-9(12)6-14-15(11)3/h4-6,10,13H,1-3H3. The lowest BCUT2D eigenvalue weighted by Gasteiger charge is -2.16. The summed E-state index contributed by atoms with van der Waals surface area (Å²) in [5.74, 6) is 0.924. The van der Waals surface area contributed by atoms with Crippen molar-refractivity contribution in [2.45, 2.75) is 13.0 Å². The van der Waals surface area contributed by atoms with Crippen molar-refractivity contribution in [1.29, 1.82) is 0 Å². The summed E-state index contributed by atoms with van der Waals surface area (Å²) < 4.78 is 8.19. The zero-order chi connectivity index (χ0) is 11.7. The second kappa shape index (κ2) is 4.43. The molecule has 2 rings (SSSR count). The summed E-state index contributed by atoms with van der Waals surface area (Å²) in [6, 6.07) is 2.07. The molecule has 5 heteroatoms. The Morgan fingerprint density at radius 1 is 1.56 bits per heavy atom. The topological polar surface area (TPSA) is 43.0 Å². The quantitative estimate of drug-likeness (QED) is 0.941. The molecule has 0 aliphatic carbocycles. The molecule has 0 aliphatic rings. The molecule has 0 amide bonds. The van der Waals surface area contributed by atoms with Crippen LogP contribution in [0.1, 0.15) is 23.1 Å². The Morgan fingerprint density at radius 3 is 2.75 bits per heavy atom. The number of nitrogens with zero attached hydrogens (tertiary/aromatic N) is 2. The van der Waals surface area contributed by atoms with Crippen molar-refractivity contribution in [3.63, 3.8) is 0 Å². The van der Waals surface area contributed by atoms with Gasteiger partial charge in [-0.2, -0.15) is 5.10 Å². The molecule has 4 nitrogen and oxygen atoms in total. The van der Waals surface area contributed by atoms with Crippen LogP contribution in [0.25, 0.3) is 0 Å². The van der Waals surface area contributed by atoms with E-state index in [1.165, 1.54) is 0 Å². The van der Waals surface area contributed by atoms with Gasteiger partial charge in [-0.3, -0.25) is 4.68 Å². The minimum absolute atomic E-state index is 0.0839. The Kier molecular flexibility index (Phi) is 3.16. The zero-order valence-electron chi connectivity index (χ0n) is 9.49. The zero-order valence-corrected chi connectivity index (χ0v) is 11.1. The fraction of sp³-hybridized carbons (Fsp3) is 0.364. The minimum atomic E-state index is 0.0839. The van der Waals surface area contributed by atoms with E-state index in [9.17, 15) is 0 Å². The largest absolute Gasteiger partial charge is 0.469 e. The van der Waals surface area contributed by atoms with Crippen LogP contribution in [0.2, 0.25) is 0 Å². The Hall–Kier alpha value is -1.07. The van der Waals surface area contributed by atoms with Gasteiger partial charge in [0.05, 0.1) is 28.7 Å². The van der Waals surface area contributed by atoms with Crippen molar-refractivity contribution in [2.75, 3.05) is 7.05 Å². The van der Waals surface area contributed by atoms with Crippen molar-refractivity contribution in [1.82, 2.24) is 15.1 Å². The molecule has 0 bridgehead atoms. The Bertz CT molecular complexity index is 470. The molecule has 0 aliphatic heterocycles. The summed E-state index contributed by atoms with van der Waals surface area (Å²) >= 11 is 3.51. The molecule has 16 heavy (non-hydrogen) atoms. The van der Waals surface area contributed by atoms with Crippen molar-refractivity contribution < 1.29 is 4.42 Å². The van der Waals surface area contributed by atoms with Gasteiger partial charge < -0.3 is 9.73 Å². The van der Waals surface area contributed by atoms with Crippen LogP contribution >= 0.6 is 15.9 Å². The first-order chi connectivity index (χ1) is 7.65. The summed E-state index contributed by atoms with van der Waals surface area (Å²) in [5, 5.41) is 7.50. The second-order valence-corrected chi connectivity index (χ2v) is 4.51. The van der Waals surface area contributed by atoms with Crippen LogP contribution in [0.15, 0.2) is 27.4 Å². The van der Waals surface area contributed by atoms with E-state index in [0.717, 1.165) is 21.5 Å². The molecule has 0 spiro atoms. The van der Waals surface area contributed by atoms with Crippen molar-refractivity contribution in [2.24, 2.45) is 7.05 Å². The molecule has 2 aromatic heterocycles. The van der Waals surface area contributed by atoms with Gasteiger partial charge in [-0.15, -0.1) is 0 Å². The van der Waals surface area contributed by atoms with E-state index in [1.807, 2.05) is 31.8 Å². The Balaban J connectivity index is 2.49. The Morgan fingerprint density at radius 2 is 2.31 bits per heavy atom. The molecule has 0 aromatic carbocycles. The van der Waals surface area contributed by atoms with E-state index < -0.39 is 0 Å². The number of nitrogens with one attached hydrogen (secondary N) is 1. The molecular weight excluding hydrogens is 270 g/mol. The first-order valence-corrected chi connectivity index (χ1v) is 5.83. The van der Waals surface area contributed by atoms with Crippen LogP contribution < -0.4 is 5.32 Å². The minimum Gasteiger partial charge on any atom is -0.469 e. The van der Waals surface area contributed by atoms with Crippen molar-refractivity contribution >= 4 is 15.9 Å². The average molecular weight is 284 g/mol. The van der Waals surface area contributed by atoms with Gasteiger partial charge >= 0.3 is 0 Å². The second-order valence-electron chi connectivity index (χ2n) is 3.66. The van der Waals surface area contributed by atoms with Crippen LogP contribution in [0.3, 0.4) is 0 Å². The summed E-state index contributed by atoms with van der Waals surface area (Å²) in [6.45, 7) is 1.96. The third kappa shape index (κ3) is 1.81. The van der Waals surface area contributed by atoms with Crippen molar-refractivity contribution in [3.8, 4) is 0 Å². The van der Waals surface area contributed by atoms with Crippen LogP contribution in [-0.2, 0) is 7.05 Å². The number of aromatic nitrogens is 2. The highest BCUT2D eigenvalue weighted by molar-refractivity contribution is 9.10. The highest BCUT2D eigenvalue weighted by Gasteiger charge is 2.21. The number of furan rings is 1. The lowest BCUT2D eigenvalue weighted by Crippen LogP contribution is -2.21. The lowest BCUT2D eigenvalue weighted by molar-refractivity contribution is 0.518. The average Bonchev–Trinajstić information content (AvgIpc) is 2.80. The van der Waals surface area contributed by atoms with E-state index >= 15 is 0 Å². The maximum atomic E-state index is 5.34. The van der Waals surface area contributed by atoms with Crippen LogP contribution in [0.5, 0.6) is 0 Å². The van der Waals surface area contributed by atoms with E-state index in [-0.39, 0.29) is 6.04 Å². The molecule has 2 aromatic rings. The molecule has 1 unspecified atom stereocenters. The number of hydrogen-bond acceptors (Lipinski definition) is 3. The summed E-state index contributed by atoms with van der Waals surface area (Å²) in [4.78, 5) is 0. The third-order valence-corrected chi connectivity index (χ3v) is 3.32.